The van der Waals surface area contributed by atoms with E-state index in [1.54, 1.807) is 0 Å². The average molecular weight is 357 g/mol. The van der Waals surface area contributed by atoms with Gasteiger partial charge in [0, 0.05) is 23.2 Å². The normalized spacial score (nSPS) is 21.7. The molecule has 130 valence electrons. The molecule has 0 radical (unpaired) electrons. The maximum Gasteiger partial charge on any atom is 0.318 e. The van der Waals surface area contributed by atoms with Crippen molar-refractivity contribution in [3.05, 3.63) is 64.7 Å². The number of nitrogens with zero attached hydrogens (tertiary/aromatic N) is 1. The second-order valence-electron chi connectivity index (χ2n) is 6.64. The van der Waals surface area contributed by atoms with Crippen LogP contribution in [0.15, 0.2) is 48.5 Å². The number of ether oxygens (including phenoxy) is 1. The van der Waals surface area contributed by atoms with Gasteiger partial charge in [-0.3, -0.25) is 0 Å². The zero-order valence-corrected chi connectivity index (χ0v) is 14.7. The number of rotatable bonds is 3. The van der Waals surface area contributed by atoms with Crippen LogP contribution in [-0.4, -0.2) is 30.1 Å². The van der Waals surface area contributed by atoms with Gasteiger partial charge in [-0.2, -0.15) is 0 Å². The molecule has 1 N–H and O–H groups in total. The molecule has 2 aliphatic heterocycles. The quantitative estimate of drug-likeness (QED) is 0.895. The molecule has 1 fully saturated rings. The lowest BCUT2D eigenvalue weighted by Crippen LogP contribution is -2.45. The summed E-state index contributed by atoms with van der Waals surface area (Å²) in [6.07, 6.45) is 2.83. The van der Waals surface area contributed by atoms with Crippen LogP contribution < -0.4 is 10.1 Å². The number of para-hydroxylation sites is 1. The van der Waals surface area contributed by atoms with Crippen LogP contribution in [0.25, 0.3) is 0 Å². The minimum Gasteiger partial charge on any atom is -0.491 e. The van der Waals surface area contributed by atoms with E-state index < -0.39 is 0 Å². The first-order valence-electron chi connectivity index (χ1n) is 8.74. The monoisotopic (exact) mass is 356 g/mol. The molecule has 1 saturated heterocycles. The van der Waals surface area contributed by atoms with Crippen LogP contribution in [0.3, 0.4) is 0 Å². The Balaban J connectivity index is 1.44. The van der Waals surface area contributed by atoms with Crippen molar-refractivity contribution in [2.24, 2.45) is 0 Å². The first-order valence-corrected chi connectivity index (χ1v) is 9.12. The minimum absolute atomic E-state index is 0.0140. The number of urea groups is 1. The standard InChI is InChI=1S/C20H21ClN2O2/c21-17-9-3-1-6-14(17)12-15-7-5-11-23(15)20(24)22-18-13-25-19-10-4-2-8-16(18)19/h1-4,6,8-10,15,18H,5,7,11-13H2,(H,22,24)/t15-,18+/m0/s1. The predicted octanol–water partition coefficient (Wildman–Crippen LogP) is 4.19. The van der Waals surface area contributed by atoms with Crippen LogP contribution in [0.4, 0.5) is 4.79 Å². The molecule has 0 saturated carbocycles. The fourth-order valence-corrected chi connectivity index (χ4v) is 3.96. The van der Waals surface area contributed by atoms with Gasteiger partial charge < -0.3 is 15.0 Å². The Morgan fingerprint density at radius 3 is 2.88 bits per heavy atom. The van der Waals surface area contributed by atoms with E-state index in [4.69, 9.17) is 16.3 Å². The van der Waals surface area contributed by atoms with E-state index in [1.807, 2.05) is 53.4 Å². The molecule has 2 aliphatic rings. The highest BCUT2D eigenvalue weighted by Gasteiger charge is 2.32. The lowest BCUT2D eigenvalue weighted by molar-refractivity contribution is 0.185. The molecule has 2 amide bonds. The lowest BCUT2D eigenvalue weighted by atomic mass is 10.0. The van der Waals surface area contributed by atoms with E-state index >= 15 is 0 Å². The van der Waals surface area contributed by atoms with Crippen molar-refractivity contribution in [2.75, 3.05) is 13.2 Å². The third kappa shape index (κ3) is 3.31. The molecule has 4 rings (SSSR count). The Labute approximate surface area is 152 Å². The van der Waals surface area contributed by atoms with Gasteiger partial charge in [0.2, 0.25) is 0 Å². The van der Waals surface area contributed by atoms with Crippen molar-refractivity contribution >= 4 is 17.6 Å². The Morgan fingerprint density at radius 1 is 1.20 bits per heavy atom. The molecule has 4 nitrogen and oxygen atoms in total. The highest BCUT2D eigenvalue weighted by molar-refractivity contribution is 6.31. The number of carbonyl (C=O) groups is 1. The van der Waals surface area contributed by atoms with Gasteiger partial charge >= 0.3 is 6.03 Å². The van der Waals surface area contributed by atoms with Crippen LogP contribution in [0.2, 0.25) is 5.02 Å². The maximum absolute atomic E-state index is 12.8. The highest BCUT2D eigenvalue weighted by atomic mass is 35.5. The van der Waals surface area contributed by atoms with Crippen LogP contribution >= 0.6 is 11.6 Å². The Kier molecular flexibility index (Phi) is 4.53. The summed E-state index contributed by atoms with van der Waals surface area (Å²) in [5.74, 6) is 0.863. The highest BCUT2D eigenvalue weighted by Crippen LogP contribution is 2.32. The van der Waals surface area contributed by atoms with Crippen molar-refractivity contribution in [3.63, 3.8) is 0 Å². The topological polar surface area (TPSA) is 41.6 Å². The molecule has 0 aromatic heterocycles. The van der Waals surface area contributed by atoms with Crippen molar-refractivity contribution in [1.82, 2.24) is 10.2 Å². The molecule has 0 unspecified atom stereocenters. The van der Waals surface area contributed by atoms with E-state index in [-0.39, 0.29) is 18.1 Å². The lowest BCUT2D eigenvalue weighted by Gasteiger charge is -2.27. The van der Waals surface area contributed by atoms with Crippen LogP contribution in [-0.2, 0) is 6.42 Å². The number of hydrogen-bond acceptors (Lipinski definition) is 2. The summed E-state index contributed by atoms with van der Waals surface area (Å²) in [5, 5.41) is 3.91. The average Bonchev–Trinajstić information content (AvgIpc) is 3.24. The van der Waals surface area contributed by atoms with Crippen molar-refractivity contribution < 1.29 is 9.53 Å². The predicted molar refractivity (Wildman–Crippen MR) is 98.1 cm³/mol. The smallest absolute Gasteiger partial charge is 0.318 e. The number of amides is 2. The van der Waals surface area contributed by atoms with Gasteiger partial charge in [0.1, 0.15) is 12.4 Å². The molecular formula is C20H21ClN2O2. The summed E-state index contributed by atoms with van der Waals surface area (Å²) >= 11 is 6.29. The first kappa shape index (κ1) is 16.3. The summed E-state index contributed by atoms with van der Waals surface area (Å²) in [4.78, 5) is 14.8. The van der Waals surface area contributed by atoms with E-state index in [0.717, 1.165) is 47.7 Å². The van der Waals surface area contributed by atoms with Gasteiger partial charge in [-0.1, -0.05) is 48.0 Å². The third-order valence-electron chi connectivity index (χ3n) is 5.05. The number of fused-ring (bicyclic) bond motifs is 1. The minimum atomic E-state index is -0.0785. The van der Waals surface area contributed by atoms with Gasteiger partial charge in [0.15, 0.2) is 0 Å². The van der Waals surface area contributed by atoms with Gasteiger partial charge in [-0.25, -0.2) is 4.79 Å². The molecule has 2 heterocycles. The van der Waals surface area contributed by atoms with E-state index in [2.05, 4.69) is 5.32 Å². The van der Waals surface area contributed by atoms with Crippen molar-refractivity contribution in [3.8, 4) is 5.75 Å². The van der Waals surface area contributed by atoms with Crippen LogP contribution in [0, 0.1) is 0 Å². The second kappa shape index (κ2) is 6.96. The molecule has 2 aromatic rings. The van der Waals surface area contributed by atoms with Gasteiger partial charge in [0.25, 0.3) is 0 Å². The fourth-order valence-electron chi connectivity index (χ4n) is 3.75. The number of halogens is 1. The SMILES string of the molecule is O=C(N[C@@H]1COc2ccccc21)N1CCC[C@H]1Cc1ccccc1Cl. The maximum atomic E-state index is 12.8. The van der Waals surface area contributed by atoms with E-state index in [0.29, 0.717) is 6.61 Å². The summed E-state index contributed by atoms with van der Waals surface area (Å²) in [6, 6.07) is 15.8. The summed E-state index contributed by atoms with van der Waals surface area (Å²) < 4.78 is 5.66. The fraction of sp³-hybridized carbons (Fsp3) is 0.350. The van der Waals surface area contributed by atoms with Crippen LogP contribution in [0.5, 0.6) is 5.75 Å². The summed E-state index contributed by atoms with van der Waals surface area (Å²) in [5.41, 5.74) is 2.15. The van der Waals surface area contributed by atoms with E-state index in [9.17, 15) is 4.79 Å². The number of hydrogen-bond donors (Lipinski definition) is 1. The van der Waals surface area contributed by atoms with Gasteiger partial charge in [-0.05, 0) is 37.0 Å². The number of carbonyl (C=O) groups excluding carboxylic acids is 1. The Hall–Kier alpha value is -2.20. The van der Waals surface area contributed by atoms with Crippen molar-refractivity contribution in [2.45, 2.75) is 31.3 Å². The summed E-state index contributed by atoms with van der Waals surface area (Å²) in [7, 11) is 0. The van der Waals surface area contributed by atoms with Crippen molar-refractivity contribution in [1.29, 1.82) is 0 Å². The first-order chi connectivity index (χ1) is 12.2. The molecule has 0 bridgehead atoms. The molecule has 5 heteroatoms. The number of likely N-dealkylation sites (tertiary alicyclic amines) is 1. The third-order valence-corrected chi connectivity index (χ3v) is 5.42. The number of nitrogens with one attached hydrogen (secondary N) is 1. The molecule has 25 heavy (non-hydrogen) atoms. The zero-order chi connectivity index (χ0) is 17.2. The number of benzene rings is 2. The molecule has 2 aromatic carbocycles. The van der Waals surface area contributed by atoms with E-state index in [1.165, 1.54) is 0 Å². The Bertz CT molecular complexity index is 780. The molecule has 0 spiro atoms. The molecular weight excluding hydrogens is 336 g/mol. The van der Waals surface area contributed by atoms with Gasteiger partial charge in [-0.15, -0.1) is 0 Å². The Morgan fingerprint density at radius 2 is 2.00 bits per heavy atom. The molecule has 0 aliphatic carbocycles. The van der Waals surface area contributed by atoms with Gasteiger partial charge in [0.05, 0.1) is 6.04 Å². The van der Waals surface area contributed by atoms with Crippen LogP contribution in [0.1, 0.15) is 30.0 Å². The summed E-state index contributed by atoms with van der Waals surface area (Å²) in [6.45, 7) is 1.28. The second-order valence-corrected chi connectivity index (χ2v) is 7.04. The zero-order valence-electron chi connectivity index (χ0n) is 14.0. The largest absolute Gasteiger partial charge is 0.491 e. The molecule has 2 atom stereocenters.